The third-order valence-electron chi connectivity index (χ3n) is 4.59. The molecule has 1 aliphatic rings. The molecule has 0 radical (unpaired) electrons. The molecule has 0 aliphatic carbocycles. The minimum atomic E-state index is -4.16. The number of anilines is 1. The van der Waals surface area contributed by atoms with Crippen LogP contribution >= 0.6 is 0 Å². The molecule has 4 rings (SSSR count). The summed E-state index contributed by atoms with van der Waals surface area (Å²) in [6, 6.07) is 9.44. The first-order valence-electron chi connectivity index (χ1n) is 8.00. The van der Waals surface area contributed by atoms with Gasteiger partial charge in [-0.15, -0.1) is 0 Å². The molecule has 0 amide bonds. The predicted molar refractivity (Wildman–Crippen MR) is 86.2 cm³/mol. The largest absolute Gasteiger partial charge is 0.393 e. The average Bonchev–Trinajstić information content (AvgIpc) is 2.94. The third kappa shape index (κ3) is 2.48. The summed E-state index contributed by atoms with van der Waals surface area (Å²) in [6.45, 7) is 2.43. The van der Waals surface area contributed by atoms with Crippen LogP contribution in [0.25, 0.3) is 16.6 Å². The highest BCUT2D eigenvalue weighted by molar-refractivity contribution is 5.91. The van der Waals surface area contributed by atoms with Crippen molar-refractivity contribution in [3.8, 4) is 0 Å². The minimum Gasteiger partial charge on any atom is -0.355 e. The van der Waals surface area contributed by atoms with E-state index >= 15 is 0 Å². The Bertz CT molecular complexity index is 900. The van der Waals surface area contributed by atoms with Gasteiger partial charge in [0.05, 0.1) is 17.1 Å². The van der Waals surface area contributed by atoms with Crippen LogP contribution in [0.5, 0.6) is 0 Å². The molecule has 4 nitrogen and oxygen atoms in total. The number of nitrogens with zero attached hydrogens (tertiary/aromatic N) is 4. The number of benzene rings is 1. The maximum atomic E-state index is 13.1. The van der Waals surface area contributed by atoms with Gasteiger partial charge in [-0.1, -0.05) is 12.1 Å². The number of para-hydroxylation sites is 1. The Hall–Kier alpha value is -2.31. The number of alkyl halides is 3. The lowest BCUT2D eigenvalue weighted by Gasteiger charge is -2.35. The lowest BCUT2D eigenvalue weighted by molar-refractivity contribution is -0.176. The van der Waals surface area contributed by atoms with E-state index in [-0.39, 0.29) is 13.0 Å². The van der Waals surface area contributed by atoms with E-state index in [1.165, 1.54) is 0 Å². The minimum absolute atomic E-state index is 0.0379. The maximum absolute atomic E-state index is 13.1. The second kappa shape index (κ2) is 5.36. The zero-order valence-electron chi connectivity index (χ0n) is 13.2. The number of aromatic nitrogens is 3. The highest BCUT2D eigenvalue weighted by Crippen LogP contribution is 2.36. The van der Waals surface area contributed by atoms with E-state index in [1.54, 1.807) is 9.42 Å². The van der Waals surface area contributed by atoms with Crippen molar-refractivity contribution >= 4 is 22.4 Å². The van der Waals surface area contributed by atoms with Gasteiger partial charge in [0.25, 0.3) is 0 Å². The van der Waals surface area contributed by atoms with Gasteiger partial charge in [0.15, 0.2) is 5.65 Å². The zero-order valence-corrected chi connectivity index (χ0v) is 13.2. The summed E-state index contributed by atoms with van der Waals surface area (Å²) in [6.07, 6.45) is -3.46. The van der Waals surface area contributed by atoms with E-state index < -0.39 is 12.1 Å². The van der Waals surface area contributed by atoms with Gasteiger partial charge in [0.2, 0.25) is 0 Å². The van der Waals surface area contributed by atoms with Crippen LogP contribution in [0.3, 0.4) is 0 Å². The second-order valence-corrected chi connectivity index (χ2v) is 6.34. The smallest absolute Gasteiger partial charge is 0.355 e. The van der Waals surface area contributed by atoms with Gasteiger partial charge in [-0.3, -0.25) is 0 Å². The molecule has 0 unspecified atom stereocenters. The zero-order chi connectivity index (χ0) is 16.9. The highest BCUT2D eigenvalue weighted by atomic mass is 19.4. The van der Waals surface area contributed by atoms with Crippen molar-refractivity contribution in [1.82, 2.24) is 14.6 Å². The van der Waals surface area contributed by atoms with Crippen molar-refractivity contribution in [2.45, 2.75) is 25.9 Å². The number of rotatable bonds is 1. The van der Waals surface area contributed by atoms with Gasteiger partial charge in [-0.25, -0.2) is 9.50 Å². The van der Waals surface area contributed by atoms with Gasteiger partial charge < -0.3 is 4.90 Å². The summed E-state index contributed by atoms with van der Waals surface area (Å²) >= 11 is 0. The summed E-state index contributed by atoms with van der Waals surface area (Å²) in [7, 11) is 0. The van der Waals surface area contributed by atoms with E-state index in [4.69, 9.17) is 0 Å². The van der Waals surface area contributed by atoms with Gasteiger partial charge in [-0.05, 0) is 31.9 Å². The van der Waals surface area contributed by atoms with Crippen LogP contribution in [0.4, 0.5) is 19.0 Å². The summed E-state index contributed by atoms with van der Waals surface area (Å²) < 4.78 is 41.2. The average molecular weight is 334 g/mol. The highest BCUT2D eigenvalue weighted by Gasteiger charge is 2.42. The summed E-state index contributed by atoms with van der Waals surface area (Å²) in [5, 5.41) is 5.27. The summed E-state index contributed by atoms with van der Waals surface area (Å²) in [5.41, 5.74) is 2.35. The number of hydrogen-bond acceptors (Lipinski definition) is 3. The Balaban J connectivity index is 1.85. The SMILES string of the molecule is Cc1cc2nc(N3CCC[C@H](C(F)(F)F)C3)c3ccccc3n2n1. The first-order chi connectivity index (χ1) is 11.4. The van der Waals surface area contributed by atoms with E-state index in [0.29, 0.717) is 24.4 Å². The Morgan fingerprint density at radius 2 is 2.00 bits per heavy atom. The molecular weight excluding hydrogens is 317 g/mol. The Morgan fingerprint density at radius 3 is 2.79 bits per heavy atom. The van der Waals surface area contributed by atoms with Gasteiger partial charge in [0, 0.05) is 24.5 Å². The molecule has 1 atom stereocenters. The number of halogens is 3. The van der Waals surface area contributed by atoms with E-state index in [0.717, 1.165) is 16.6 Å². The van der Waals surface area contributed by atoms with Crippen LogP contribution in [0.2, 0.25) is 0 Å². The predicted octanol–water partition coefficient (Wildman–Crippen LogP) is 3.97. The lowest BCUT2D eigenvalue weighted by Crippen LogP contribution is -2.42. The van der Waals surface area contributed by atoms with Crippen molar-refractivity contribution in [3.63, 3.8) is 0 Å². The number of hydrogen-bond donors (Lipinski definition) is 0. The number of fused-ring (bicyclic) bond motifs is 3. The van der Waals surface area contributed by atoms with Gasteiger partial charge in [0.1, 0.15) is 5.82 Å². The Labute approximate surface area is 136 Å². The summed E-state index contributed by atoms with van der Waals surface area (Å²) in [5.74, 6) is -0.679. The summed E-state index contributed by atoms with van der Waals surface area (Å²) in [4.78, 5) is 6.39. The van der Waals surface area contributed by atoms with Crippen LogP contribution < -0.4 is 4.90 Å². The lowest BCUT2D eigenvalue weighted by atomic mass is 9.97. The molecule has 3 heterocycles. The molecule has 0 N–H and O–H groups in total. The number of aryl methyl sites for hydroxylation is 1. The molecule has 0 saturated carbocycles. The third-order valence-corrected chi connectivity index (χ3v) is 4.59. The fourth-order valence-corrected chi connectivity index (χ4v) is 3.44. The fourth-order valence-electron chi connectivity index (χ4n) is 3.44. The quantitative estimate of drug-likeness (QED) is 0.675. The first-order valence-corrected chi connectivity index (χ1v) is 8.00. The van der Waals surface area contributed by atoms with E-state index in [2.05, 4.69) is 10.1 Å². The molecule has 7 heteroatoms. The van der Waals surface area contributed by atoms with Crippen molar-refractivity contribution in [1.29, 1.82) is 0 Å². The number of piperidine rings is 1. The Morgan fingerprint density at radius 1 is 1.21 bits per heavy atom. The van der Waals surface area contributed by atoms with E-state index in [9.17, 15) is 13.2 Å². The molecule has 126 valence electrons. The molecule has 1 aromatic carbocycles. The fraction of sp³-hybridized carbons (Fsp3) is 0.412. The molecule has 2 aromatic heterocycles. The second-order valence-electron chi connectivity index (χ2n) is 6.34. The normalized spacial score (nSPS) is 19.3. The molecule has 0 bridgehead atoms. The topological polar surface area (TPSA) is 33.4 Å². The molecule has 1 aliphatic heterocycles. The first kappa shape index (κ1) is 15.2. The molecule has 1 fully saturated rings. The monoisotopic (exact) mass is 334 g/mol. The molecule has 0 spiro atoms. The maximum Gasteiger partial charge on any atom is 0.393 e. The molecule has 3 aromatic rings. The molecular formula is C17H17F3N4. The van der Waals surface area contributed by atoms with Crippen LogP contribution in [-0.2, 0) is 0 Å². The molecule has 1 saturated heterocycles. The molecule has 24 heavy (non-hydrogen) atoms. The van der Waals surface area contributed by atoms with Crippen LogP contribution in [0, 0.1) is 12.8 Å². The van der Waals surface area contributed by atoms with Crippen molar-refractivity contribution in [3.05, 3.63) is 36.0 Å². The van der Waals surface area contributed by atoms with Crippen LogP contribution in [-0.4, -0.2) is 33.9 Å². The Kier molecular flexibility index (Phi) is 3.40. The van der Waals surface area contributed by atoms with Crippen LogP contribution in [0.1, 0.15) is 18.5 Å². The van der Waals surface area contributed by atoms with Crippen LogP contribution in [0.15, 0.2) is 30.3 Å². The van der Waals surface area contributed by atoms with Crippen molar-refractivity contribution < 1.29 is 13.2 Å². The van der Waals surface area contributed by atoms with Gasteiger partial charge in [-0.2, -0.15) is 18.3 Å². The van der Waals surface area contributed by atoms with Crippen molar-refractivity contribution in [2.75, 3.05) is 18.0 Å². The van der Waals surface area contributed by atoms with Crippen molar-refractivity contribution in [2.24, 2.45) is 5.92 Å². The standard InChI is InChI=1S/C17H17F3N4/c1-11-9-15-21-16(13-6-2-3-7-14(13)24(15)22-11)23-8-4-5-12(10-23)17(18,19)20/h2-3,6-7,9,12H,4-5,8,10H2,1H3/t12-/m0/s1. The van der Waals surface area contributed by atoms with Gasteiger partial charge >= 0.3 is 6.18 Å². The van der Waals surface area contributed by atoms with E-state index in [1.807, 2.05) is 37.3 Å².